The number of hydrogen-bond acceptors (Lipinski definition) is 4. The number of rotatable bonds is 7. The second kappa shape index (κ2) is 8.21. The molecule has 2 aromatic carbocycles. The van der Waals surface area contributed by atoms with Crippen molar-refractivity contribution in [2.75, 3.05) is 13.1 Å². The molecule has 2 aliphatic rings. The highest BCUT2D eigenvalue weighted by Gasteiger charge is 2.42. The minimum atomic E-state index is -0.230. The van der Waals surface area contributed by atoms with Crippen LogP contribution in [0.25, 0.3) is 11.1 Å². The lowest BCUT2D eigenvalue weighted by atomic mass is 9.82. The van der Waals surface area contributed by atoms with Crippen molar-refractivity contribution in [1.82, 2.24) is 5.32 Å². The molecule has 1 saturated heterocycles. The van der Waals surface area contributed by atoms with E-state index in [0.29, 0.717) is 19.5 Å². The first-order chi connectivity index (χ1) is 13.3. The zero-order valence-electron chi connectivity index (χ0n) is 15.4. The molecule has 1 amide bonds. The van der Waals surface area contributed by atoms with Gasteiger partial charge in [-0.05, 0) is 41.5 Å². The van der Waals surface area contributed by atoms with Gasteiger partial charge in [-0.3, -0.25) is 4.79 Å². The third kappa shape index (κ3) is 3.76. The minimum absolute atomic E-state index is 0.0604. The van der Waals surface area contributed by atoms with Crippen molar-refractivity contribution in [3.8, 4) is 11.1 Å². The highest BCUT2D eigenvalue weighted by molar-refractivity contribution is 5.76. The van der Waals surface area contributed by atoms with Crippen molar-refractivity contribution < 1.29 is 14.3 Å². The smallest absolute Gasteiger partial charge is 0.220 e. The molecule has 0 spiro atoms. The van der Waals surface area contributed by atoms with E-state index in [1.807, 2.05) is 0 Å². The number of hydrogen-bond donors (Lipinski definition) is 2. The first kappa shape index (κ1) is 18.2. The SMILES string of the molecule is NCCNC(=O)CCCCC1OC2c3ccccc3-c3ccccc3C2O1. The number of amides is 1. The zero-order valence-corrected chi connectivity index (χ0v) is 15.4. The van der Waals surface area contributed by atoms with Crippen molar-refractivity contribution in [1.29, 1.82) is 0 Å². The Morgan fingerprint density at radius 1 is 0.926 bits per heavy atom. The third-order valence-corrected chi connectivity index (χ3v) is 5.26. The summed E-state index contributed by atoms with van der Waals surface area (Å²) in [4.78, 5) is 11.6. The fourth-order valence-electron chi connectivity index (χ4n) is 3.99. The van der Waals surface area contributed by atoms with E-state index >= 15 is 0 Å². The Labute approximate surface area is 159 Å². The molecule has 27 heavy (non-hydrogen) atoms. The van der Waals surface area contributed by atoms with E-state index in [9.17, 15) is 4.79 Å². The number of benzene rings is 2. The normalized spacial score (nSPS) is 22.6. The Morgan fingerprint density at radius 2 is 1.52 bits per heavy atom. The van der Waals surface area contributed by atoms with Gasteiger partial charge in [-0.1, -0.05) is 48.5 Å². The van der Waals surface area contributed by atoms with Crippen molar-refractivity contribution >= 4 is 5.91 Å². The average Bonchev–Trinajstić information content (AvgIpc) is 3.14. The highest BCUT2D eigenvalue weighted by atomic mass is 16.7. The van der Waals surface area contributed by atoms with Crippen LogP contribution in [0.1, 0.15) is 49.0 Å². The minimum Gasteiger partial charge on any atom is -0.355 e. The predicted octanol–water partition coefficient (Wildman–Crippen LogP) is 3.46. The molecule has 5 nitrogen and oxygen atoms in total. The molecule has 1 heterocycles. The highest BCUT2D eigenvalue weighted by Crippen LogP contribution is 2.52. The van der Waals surface area contributed by atoms with Crippen LogP contribution in [0.5, 0.6) is 0 Å². The largest absolute Gasteiger partial charge is 0.355 e. The van der Waals surface area contributed by atoms with Gasteiger partial charge in [0, 0.05) is 19.5 Å². The standard InChI is InChI=1S/C22H26N2O3/c23-13-14-24-19(25)11-5-6-12-20-26-21-17-9-3-1-7-15(17)16-8-2-4-10-18(16)22(21)27-20/h1-4,7-10,20-22H,5-6,11-14,23H2,(H,24,25). The number of fused-ring (bicyclic) bond motifs is 6. The van der Waals surface area contributed by atoms with Crippen molar-refractivity contribution in [3.63, 3.8) is 0 Å². The van der Waals surface area contributed by atoms with Gasteiger partial charge in [-0.25, -0.2) is 0 Å². The molecular weight excluding hydrogens is 340 g/mol. The summed E-state index contributed by atoms with van der Waals surface area (Å²) in [5, 5.41) is 2.80. The van der Waals surface area contributed by atoms with Crippen LogP contribution in [0.2, 0.25) is 0 Å². The molecule has 0 aromatic heterocycles. The first-order valence-electron chi connectivity index (χ1n) is 9.74. The Balaban J connectivity index is 1.39. The van der Waals surface area contributed by atoms with Gasteiger partial charge in [-0.2, -0.15) is 0 Å². The van der Waals surface area contributed by atoms with E-state index in [1.54, 1.807) is 0 Å². The van der Waals surface area contributed by atoms with Gasteiger partial charge in [0.15, 0.2) is 6.29 Å². The summed E-state index contributed by atoms with van der Waals surface area (Å²) in [6, 6.07) is 16.8. The number of ether oxygens (including phenoxy) is 2. The molecule has 5 heteroatoms. The van der Waals surface area contributed by atoms with Crippen LogP contribution in [0.15, 0.2) is 48.5 Å². The fourth-order valence-corrected chi connectivity index (χ4v) is 3.99. The van der Waals surface area contributed by atoms with Crippen LogP contribution in [-0.4, -0.2) is 25.3 Å². The van der Waals surface area contributed by atoms with Gasteiger partial charge in [0.25, 0.3) is 0 Å². The maximum atomic E-state index is 11.6. The summed E-state index contributed by atoms with van der Waals surface area (Å²) in [7, 11) is 0. The quantitative estimate of drug-likeness (QED) is 0.736. The molecule has 2 atom stereocenters. The van der Waals surface area contributed by atoms with Gasteiger partial charge in [0.1, 0.15) is 12.2 Å². The summed E-state index contributed by atoms with van der Waals surface area (Å²) in [5.41, 5.74) is 10.3. The van der Waals surface area contributed by atoms with E-state index in [1.165, 1.54) is 22.3 Å². The van der Waals surface area contributed by atoms with E-state index in [4.69, 9.17) is 15.2 Å². The molecule has 2 aromatic rings. The summed E-state index contributed by atoms with van der Waals surface area (Å²) in [5.74, 6) is 0.0604. The Morgan fingerprint density at radius 3 is 2.11 bits per heavy atom. The lowest BCUT2D eigenvalue weighted by molar-refractivity contribution is -0.121. The Hall–Kier alpha value is -2.21. The first-order valence-corrected chi connectivity index (χ1v) is 9.74. The molecule has 2 unspecified atom stereocenters. The van der Waals surface area contributed by atoms with Crippen LogP contribution >= 0.6 is 0 Å². The van der Waals surface area contributed by atoms with Crippen LogP contribution < -0.4 is 11.1 Å². The maximum absolute atomic E-state index is 11.6. The van der Waals surface area contributed by atoms with Crippen LogP contribution in [0.4, 0.5) is 0 Å². The molecule has 4 rings (SSSR count). The Kier molecular flexibility index (Phi) is 5.53. The van der Waals surface area contributed by atoms with Crippen LogP contribution in [0.3, 0.4) is 0 Å². The van der Waals surface area contributed by atoms with E-state index < -0.39 is 0 Å². The second-order valence-corrected chi connectivity index (χ2v) is 7.10. The Bertz CT molecular complexity index is 754. The van der Waals surface area contributed by atoms with Gasteiger partial charge < -0.3 is 20.5 Å². The van der Waals surface area contributed by atoms with Gasteiger partial charge in [0.2, 0.25) is 5.91 Å². The summed E-state index contributed by atoms with van der Waals surface area (Å²) in [6.45, 7) is 1.01. The molecule has 3 N–H and O–H groups in total. The second-order valence-electron chi connectivity index (χ2n) is 7.10. The average molecular weight is 366 g/mol. The summed E-state index contributed by atoms with van der Waals surface area (Å²) in [6.07, 6.45) is 2.67. The number of carbonyl (C=O) groups excluding carboxylic acids is 1. The number of unbranched alkanes of at least 4 members (excludes halogenated alkanes) is 1. The fraction of sp³-hybridized carbons (Fsp3) is 0.409. The number of carbonyl (C=O) groups is 1. The topological polar surface area (TPSA) is 73.6 Å². The molecule has 0 saturated carbocycles. The van der Waals surface area contributed by atoms with Crippen LogP contribution in [-0.2, 0) is 14.3 Å². The molecule has 142 valence electrons. The van der Waals surface area contributed by atoms with E-state index in [2.05, 4.69) is 53.8 Å². The maximum Gasteiger partial charge on any atom is 0.220 e. The molecule has 0 radical (unpaired) electrons. The van der Waals surface area contributed by atoms with Crippen LogP contribution in [0, 0.1) is 0 Å². The summed E-state index contributed by atoms with van der Waals surface area (Å²) < 4.78 is 12.6. The molecule has 1 aliphatic heterocycles. The summed E-state index contributed by atoms with van der Waals surface area (Å²) >= 11 is 0. The van der Waals surface area contributed by atoms with Crippen molar-refractivity contribution in [2.45, 2.75) is 44.2 Å². The third-order valence-electron chi connectivity index (χ3n) is 5.26. The monoisotopic (exact) mass is 366 g/mol. The van der Waals surface area contributed by atoms with E-state index in [0.717, 1.165) is 19.3 Å². The molecule has 0 bridgehead atoms. The molecular formula is C22H26N2O3. The lowest BCUT2D eigenvalue weighted by Crippen LogP contribution is -2.28. The van der Waals surface area contributed by atoms with Gasteiger partial charge in [0.05, 0.1) is 0 Å². The number of nitrogens with one attached hydrogen (secondary N) is 1. The molecule has 1 aliphatic carbocycles. The van der Waals surface area contributed by atoms with E-state index in [-0.39, 0.29) is 24.4 Å². The molecule has 1 fully saturated rings. The van der Waals surface area contributed by atoms with Gasteiger partial charge >= 0.3 is 0 Å². The number of nitrogens with two attached hydrogens (primary N) is 1. The van der Waals surface area contributed by atoms with Gasteiger partial charge in [-0.15, -0.1) is 0 Å². The van der Waals surface area contributed by atoms with Crippen molar-refractivity contribution in [2.24, 2.45) is 5.73 Å². The zero-order chi connectivity index (χ0) is 18.6. The predicted molar refractivity (Wildman–Crippen MR) is 104 cm³/mol. The van der Waals surface area contributed by atoms with Crippen molar-refractivity contribution in [3.05, 3.63) is 59.7 Å². The lowest BCUT2D eigenvalue weighted by Gasteiger charge is -2.28.